The number of hydrogen-bond donors (Lipinski definition) is 0. The molecule has 8 nitrogen and oxygen atoms in total. The molecule has 5 aromatic carbocycles. The fourth-order valence-corrected chi connectivity index (χ4v) is 7.75. The molecule has 0 saturated carbocycles. The van der Waals surface area contributed by atoms with Gasteiger partial charge in [0.1, 0.15) is 0 Å². The third kappa shape index (κ3) is 9.17. The van der Waals surface area contributed by atoms with E-state index in [1.807, 2.05) is 127 Å². The highest BCUT2D eigenvalue weighted by atomic mass is 35.5. The number of rotatable bonds is 10. The second-order valence-corrected chi connectivity index (χ2v) is 15.0. The summed E-state index contributed by atoms with van der Waals surface area (Å²) in [7, 11) is 1.70. The predicted octanol–water partition coefficient (Wildman–Crippen LogP) is 11.2. The van der Waals surface area contributed by atoms with Crippen LogP contribution in [0.3, 0.4) is 0 Å². The zero-order chi connectivity index (χ0) is 43.7. The Bertz CT molecular complexity index is 3280. The molecule has 0 spiro atoms. The van der Waals surface area contributed by atoms with Crippen molar-refractivity contribution in [3.05, 3.63) is 248 Å². The van der Waals surface area contributed by atoms with E-state index in [1.165, 1.54) is 16.7 Å². The Morgan fingerprint density at radius 2 is 1.02 bits per heavy atom. The smallest absolute Gasteiger partial charge is 0.263 e. The first-order chi connectivity index (χ1) is 30.8. The minimum Gasteiger partial charge on any atom is -0.311 e. The molecular weight excluding hydrogens is 804 g/mol. The van der Waals surface area contributed by atoms with E-state index in [1.54, 1.807) is 78.9 Å². The molecule has 9 rings (SSSR count). The number of hydrogen-bond acceptors (Lipinski definition) is 6. The van der Waals surface area contributed by atoms with E-state index < -0.39 is 0 Å². The summed E-state index contributed by atoms with van der Waals surface area (Å²) >= 11 is 6.41. The van der Waals surface area contributed by atoms with Crippen molar-refractivity contribution in [2.75, 3.05) is 0 Å². The highest BCUT2D eigenvalue weighted by Gasteiger charge is 2.23. The summed E-state index contributed by atoms with van der Waals surface area (Å²) in [5.74, 6) is -0.684. The third-order valence-corrected chi connectivity index (χ3v) is 10.8. The summed E-state index contributed by atoms with van der Waals surface area (Å²) < 4.78 is 3.19. The Hall–Kier alpha value is -8.07. The number of halogens is 1. The topological polar surface area (TPSA) is 104 Å². The Labute approximate surface area is 368 Å². The molecule has 0 aliphatic heterocycles. The number of allylic oxidation sites excluding steroid dienone is 2. The number of carbonyl (C=O) groups is 2. The largest absolute Gasteiger partial charge is 0.311 e. The second-order valence-electron chi connectivity index (χ2n) is 14.6. The van der Waals surface area contributed by atoms with Gasteiger partial charge in [0.2, 0.25) is 0 Å². The van der Waals surface area contributed by atoms with Gasteiger partial charge in [0.25, 0.3) is 11.1 Å². The number of benzene rings is 5. The van der Waals surface area contributed by atoms with Crippen molar-refractivity contribution in [3.8, 4) is 22.3 Å². The maximum atomic E-state index is 14.0. The molecule has 4 aromatic heterocycles. The van der Waals surface area contributed by atoms with Gasteiger partial charge in [-0.25, -0.2) is 0 Å². The van der Waals surface area contributed by atoms with Crippen LogP contribution in [-0.2, 0) is 13.6 Å². The van der Waals surface area contributed by atoms with Crippen molar-refractivity contribution < 1.29 is 9.59 Å². The van der Waals surface area contributed by atoms with E-state index in [-0.39, 0.29) is 33.8 Å². The second kappa shape index (κ2) is 19.1. The lowest BCUT2D eigenvalue weighted by Gasteiger charge is -2.18. The van der Waals surface area contributed by atoms with Gasteiger partial charge in [-0.1, -0.05) is 133 Å². The van der Waals surface area contributed by atoms with E-state index in [9.17, 15) is 19.2 Å². The van der Waals surface area contributed by atoms with Crippen molar-refractivity contribution >= 4 is 57.1 Å². The van der Waals surface area contributed by atoms with Crippen LogP contribution in [0.4, 0.5) is 0 Å². The quantitative estimate of drug-likeness (QED) is 0.100. The first kappa shape index (κ1) is 41.7. The zero-order valence-electron chi connectivity index (χ0n) is 34.1. The SMILES string of the molecule is Cn1c(=O)c(C(=O)/C=C/c2ccncc2)c(-c2ccccc2)c2ccccc21.O=C(/C=C/c1ccncc1)c1c(-c2ccccc2)c2cc(Cl)ccc2n(Cc2ccccc2)c1=O. The number of ketones is 2. The summed E-state index contributed by atoms with van der Waals surface area (Å²) in [6.45, 7) is 0.335. The molecule has 63 heavy (non-hydrogen) atoms. The summed E-state index contributed by atoms with van der Waals surface area (Å²) in [5, 5.41) is 2.15. The third-order valence-electron chi connectivity index (χ3n) is 10.6. The van der Waals surface area contributed by atoms with Crippen LogP contribution in [0.2, 0.25) is 5.02 Å². The Balaban J connectivity index is 0.000000177. The molecule has 306 valence electrons. The molecule has 0 atom stereocenters. The fourth-order valence-electron chi connectivity index (χ4n) is 7.58. The average Bonchev–Trinajstić information content (AvgIpc) is 3.33. The van der Waals surface area contributed by atoms with Crippen LogP contribution in [0.1, 0.15) is 37.4 Å². The van der Waals surface area contributed by atoms with Crippen LogP contribution in [0.25, 0.3) is 56.2 Å². The van der Waals surface area contributed by atoms with Crippen molar-refractivity contribution in [1.29, 1.82) is 0 Å². The van der Waals surface area contributed by atoms with Crippen LogP contribution in [0.15, 0.2) is 204 Å². The van der Waals surface area contributed by atoms with Gasteiger partial charge in [-0.15, -0.1) is 0 Å². The van der Waals surface area contributed by atoms with Gasteiger partial charge in [-0.3, -0.25) is 29.1 Å². The number of nitrogens with zero attached hydrogens (tertiary/aromatic N) is 4. The van der Waals surface area contributed by atoms with Gasteiger partial charge in [0.05, 0.1) is 28.7 Å². The molecule has 0 aliphatic carbocycles. The molecule has 0 radical (unpaired) electrons. The number of aryl methyl sites for hydroxylation is 1. The Morgan fingerprint density at radius 1 is 0.540 bits per heavy atom. The maximum Gasteiger partial charge on any atom is 0.263 e. The molecule has 4 heterocycles. The number of fused-ring (bicyclic) bond motifs is 2. The minimum absolute atomic E-state index is 0.118. The first-order valence-electron chi connectivity index (χ1n) is 20.2. The molecule has 0 amide bonds. The van der Waals surface area contributed by atoms with E-state index in [2.05, 4.69) is 9.97 Å². The molecular formula is C54H39ClN4O4. The normalized spacial score (nSPS) is 11.2. The van der Waals surface area contributed by atoms with Gasteiger partial charge >= 0.3 is 0 Å². The lowest BCUT2D eigenvalue weighted by Crippen LogP contribution is -2.28. The fraction of sp³-hybridized carbons (Fsp3) is 0.0370. The van der Waals surface area contributed by atoms with E-state index in [0.29, 0.717) is 22.7 Å². The van der Waals surface area contributed by atoms with E-state index in [0.717, 1.165) is 49.6 Å². The molecule has 0 aliphatic rings. The van der Waals surface area contributed by atoms with E-state index >= 15 is 0 Å². The minimum atomic E-state index is -0.366. The Kier molecular flexibility index (Phi) is 12.6. The molecule has 0 bridgehead atoms. The first-order valence-corrected chi connectivity index (χ1v) is 20.5. The van der Waals surface area contributed by atoms with Gasteiger partial charge < -0.3 is 9.13 Å². The summed E-state index contributed by atoms with van der Waals surface area (Å²) in [5.41, 5.74) is 6.68. The number of carbonyl (C=O) groups excluding carboxylic acids is 2. The highest BCUT2D eigenvalue weighted by molar-refractivity contribution is 6.31. The standard InChI is InChI=1S/C30H21ClN2O2.C24H18N2O2/c31-24-12-13-26-25(19-24)28(23-9-5-2-6-10-23)29(27(34)14-11-21-15-17-32-18-16-21)30(35)33(26)20-22-7-3-1-4-8-22;1-26-20-10-6-5-9-19(20)22(18-7-3-2-4-8-18)23(24(26)28)21(27)12-11-17-13-15-25-16-14-17/h1-19H,20H2;2-16H,1H3/b14-11+;12-11+. The molecule has 0 saturated heterocycles. The summed E-state index contributed by atoms with van der Waals surface area (Å²) in [6, 6.07) is 49.1. The van der Waals surface area contributed by atoms with Crippen molar-refractivity contribution in [2.45, 2.75) is 6.54 Å². The summed E-state index contributed by atoms with van der Waals surface area (Å²) in [4.78, 5) is 61.8. The monoisotopic (exact) mass is 842 g/mol. The van der Waals surface area contributed by atoms with Crippen LogP contribution in [0, 0.1) is 0 Å². The maximum absolute atomic E-state index is 14.0. The number of pyridine rings is 4. The van der Waals surface area contributed by atoms with Crippen LogP contribution < -0.4 is 11.1 Å². The molecule has 9 heteroatoms. The van der Waals surface area contributed by atoms with Gasteiger partial charge in [0.15, 0.2) is 11.6 Å². The highest BCUT2D eigenvalue weighted by Crippen LogP contribution is 2.34. The van der Waals surface area contributed by atoms with Crippen LogP contribution in [0.5, 0.6) is 0 Å². The van der Waals surface area contributed by atoms with Crippen molar-refractivity contribution in [3.63, 3.8) is 0 Å². The summed E-state index contributed by atoms with van der Waals surface area (Å²) in [6.07, 6.45) is 12.9. The molecule has 0 fully saturated rings. The van der Waals surface area contributed by atoms with Crippen molar-refractivity contribution in [2.24, 2.45) is 7.05 Å². The molecule has 0 N–H and O–H groups in total. The lowest BCUT2D eigenvalue weighted by atomic mass is 9.93. The van der Waals surface area contributed by atoms with E-state index in [4.69, 9.17) is 11.6 Å². The van der Waals surface area contributed by atoms with Crippen LogP contribution >= 0.6 is 11.6 Å². The van der Waals surface area contributed by atoms with Crippen molar-refractivity contribution in [1.82, 2.24) is 19.1 Å². The molecule has 9 aromatic rings. The van der Waals surface area contributed by atoms with Crippen LogP contribution in [-0.4, -0.2) is 30.7 Å². The molecule has 0 unspecified atom stereocenters. The lowest BCUT2D eigenvalue weighted by molar-refractivity contribution is 0.103. The van der Waals surface area contributed by atoms with Gasteiger partial charge in [-0.05, 0) is 88.5 Å². The van der Waals surface area contributed by atoms with Gasteiger partial charge in [-0.2, -0.15) is 0 Å². The number of aromatic nitrogens is 4. The predicted molar refractivity (Wildman–Crippen MR) is 254 cm³/mol. The Morgan fingerprint density at radius 3 is 1.57 bits per heavy atom. The average molecular weight is 843 g/mol. The van der Waals surface area contributed by atoms with Gasteiger partial charge in [0, 0.05) is 58.8 Å². The zero-order valence-corrected chi connectivity index (χ0v) is 34.9. The number of para-hydroxylation sites is 1.